The second-order valence-electron chi connectivity index (χ2n) is 3.47. The molecule has 1 saturated heterocycles. The fourth-order valence-electron chi connectivity index (χ4n) is 1.30. The monoisotopic (exact) mass is 201 g/mol. The molecule has 0 unspecified atom stereocenters. The number of carbonyl (C=O) groups is 1. The molecule has 0 spiro atoms. The molecule has 1 aliphatic rings. The summed E-state index contributed by atoms with van der Waals surface area (Å²) in [6.45, 7) is 5.19. The Morgan fingerprint density at radius 3 is 2.07 bits per heavy atom. The number of nitrogens with one attached hydrogen (secondary N) is 2. The molecule has 4 heteroatoms. The number of piperidine rings is 1. The highest BCUT2D eigenvalue weighted by atomic mass is 16.2. The first-order valence-corrected chi connectivity index (χ1v) is 5.34. The van der Waals surface area contributed by atoms with Gasteiger partial charge in [-0.1, -0.05) is 6.42 Å². The molecule has 1 aliphatic heterocycles. The van der Waals surface area contributed by atoms with Crippen molar-refractivity contribution in [1.29, 1.82) is 0 Å². The van der Waals surface area contributed by atoms with E-state index in [-0.39, 0.29) is 6.03 Å². The number of likely N-dealkylation sites (tertiary alicyclic amines) is 1. The summed E-state index contributed by atoms with van der Waals surface area (Å²) < 4.78 is 0. The number of hydrogen-bond acceptors (Lipinski definition) is 2. The van der Waals surface area contributed by atoms with E-state index in [0.717, 1.165) is 0 Å². The molecule has 0 radical (unpaired) electrons. The fourth-order valence-corrected chi connectivity index (χ4v) is 1.30. The summed E-state index contributed by atoms with van der Waals surface area (Å²) in [7, 11) is 3.78. The third-order valence-electron chi connectivity index (χ3n) is 2.14. The average Bonchev–Trinajstić information content (AvgIpc) is 2.20. The van der Waals surface area contributed by atoms with Gasteiger partial charge in [0, 0.05) is 13.6 Å². The van der Waals surface area contributed by atoms with Crippen LogP contribution in [-0.2, 0) is 0 Å². The lowest BCUT2D eigenvalue weighted by Gasteiger charge is -2.20. The first-order chi connectivity index (χ1) is 6.70. The van der Waals surface area contributed by atoms with Crippen molar-refractivity contribution in [2.24, 2.45) is 0 Å². The molecule has 4 nitrogen and oxygen atoms in total. The Kier molecular flexibility index (Phi) is 8.33. The highest BCUT2D eigenvalue weighted by Crippen LogP contribution is 2.04. The van der Waals surface area contributed by atoms with E-state index >= 15 is 0 Å². The highest BCUT2D eigenvalue weighted by Gasteiger charge is 2.02. The van der Waals surface area contributed by atoms with Crippen molar-refractivity contribution in [3.63, 3.8) is 0 Å². The van der Waals surface area contributed by atoms with Crippen molar-refractivity contribution < 1.29 is 4.79 Å². The maximum absolute atomic E-state index is 10.2. The van der Waals surface area contributed by atoms with Crippen molar-refractivity contribution >= 4 is 6.03 Å². The van der Waals surface area contributed by atoms with Gasteiger partial charge in [0.25, 0.3) is 0 Å². The van der Waals surface area contributed by atoms with Crippen LogP contribution >= 0.6 is 0 Å². The molecule has 0 atom stereocenters. The molecule has 2 amide bonds. The average molecular weight is 201 g/mol. The Balaban J connectivity index is 0.000000241. The summed E-state index contributed by atoms with van der Waals surface area (Å²) >= 11 is 0. The van der Waals surface area contributed by atoms with E-state index in [1.165, 1.54) is 32.4 Å². The highest BCUT2D eigenvalue weighted by molar-refractivity contribution is 5.73. The van der Waals surface area contributed by atoms with Crippen LogP contribution in [0.3, 0.4) is 0 Å². The zero-order valence-corrected chi connectivity index (χ0v) is 9.60. The van der Waals surface area contributed by atoms with Crippen LogP contribution < -0.4 is 10.6 Å². The summed E-state index contributed by atoms with van der Waals surface area (Å²) in [5.41, 5.74) is 0. The number of urea groups is 1. The number of carbonyl (C=O) groups excluding carboxylic acids is 1. The number of hydrogen-bond donors (Lipinski definition) is 2. The molecule has 0 aromatic carbocycles. The van der Waals surface area contributed by atoms with E-state index in [0.29, 0.717) is 6.54 Å². The molecule has 84 valence electrons. The van der Waals surface area contributed by atoms with Crippen molar-refractivity contribution in [3.8, 4) is 0 Å². The first kappa shape index (κ1) is 13.2. The van der Waals surface area contributed by atoms with Crippen LogP contribution in [0.5, 0.6) is 0 Å². The summed E-state index contributed by atoms with van der Waals surface area (Å²) in [6, 6.07) is -0.123. The molecular formula is C10H23N3O. The van der Waals surface area contributed by atoms with Crippen LogP contribution in [0.1, 0.15) is 26.2 Å². The second-order valence-corrected chi connectivity index (χ2v) is 3.47. The zero-order valence-electron chi connectivity index (χ0n) is 9.60. The molecule has 0 aliphatic carbocycles. The van der Waals surface area contributed by atoms with Gasteiger partial charge in [0.15, 0.2) is 0 Å². The van der Waals surface area contributed by atoms with Gasteiger partial charge in [-0.2, -0.15) is 0 Å². The lowest BCUT2D eigenvalue weighted by atomic mass is 10.1. The van der Waals surface area contributed by atoms with E-state index in [2.05, 4.69) is 22.6 Å². The summed E-state index contributed by atoms with van der Waals surface area (Å²) in [5.74, 6) is 0. The first-order valence-electron chi connectivity index (χ1n) is 5.34. The predicted molar refractivity (Wildman–Crippen MR) is 59.5 cm³/mol. The SMILES string of the molecule is CCNC(=O)NC.CN1CCCCC1. The van der Waals surface area contributed by atoms with Gasteiger partial charge in [-0.05, 0) is 39.9 Å². The van der Waals surface area contributed by atoms with Gasteiger partial charge in [0.1, 0.15) is 0 Å². The molecule has 2 N–H and O–H groups in total. The largest absolute Gasteiger partial charge is 0.341 e. The quantitative estimate of drug-likeness (QED) is 0.665. The number of rotatable bonds is 1. The molecule has 14 heavy (non-hydrogen) atoms. The van der Waals surface area contributed by atoms with Crippen molar-refractivity contribution in [3.05, 3.63) is 0 Å². The minimum Gasteiger partial charge on any atom is -0.341 e. The lowest BCUT2D eigenvalue weighted by molar-refractivity contribution is 0.243. The van der Waals surface area contributed by atoms with Gasteiger partial charge >= 0.3 is 6.03 Å². The van der Waals surface area contributed by atoms with Crippen LogP contribution in [0, 0.1) is 0 Å². The maximum atomic E-state index is 10.2. The van der Waals surface area contributed by atoms with E-state index in [1.54, 1.807) is 7.05 Å². The number of amides is 2. The minimum atomic E-state index is -0.123. The second kappa shape index (κ2) is 8.81. The van der Waals surface area contributed by atoms with Crippen LogP contribution in [0.2, 0.25) is 0 Å². The molecule has 0 aromatic rings. The molecule has 0 aromatic heterocycles. The molecule has 1 fully saturated rings. The van der Waals surface area contributed by atoms with Crippen molar-refractivity contribution in [1.82, 2.24) is 15.5 Å². The summed E-state index contributed by atoms with van der Waals surface area (Å²) in [5, 5.41) is 4.96. The van der Waals surface area contributed by atoms with Crippen LogP contribution in [0.25, 0.3) is 0 Å². The van der Waals surface area contributed by atoms with Gasteiger partial charge in [-0.25, -0.2) is 4.79 Å². The normalized spacial score (nSPS) is 16.5. The van der Waals surface area contributed by atoms with Crippen LogP contribution in [-0.4, -0.2) is 44.7 Å². The van der Waals surface area contributed by atoms with Crippen molar-refractivity contribution in [2.75, 3.05) is 33.7 Å². The smallest absolute Gasteiger partial charge is 0.314 e. The lowest BCUT2D eigenvalue weighted by Crippen LogP contribution is -2.32. The fraction of sp³-hybridized carbons (Fsp3) is 0.900. The van der Waals surface area contributed by atoms with E-state index in [9.17, 15) is 4.79 Å². The molecular weight excluding hydrogens is 178 g/mol. The number of nitrogens with zero attached hydrogens (tertiary/aromatic N) is 1. The third-order valence-corrected chi connectivity index (χ3v) is 2.14. The maximum Gasteiger partial charge on any atom is 0.314 e. The Labute approximate surface area is 87.0 Å². The van der Waals surface area contributed by atoms with Crippen LogP contribution in [0.15, 0.2) is 0 Å². The standard InChI is InChI=1S/C6H13N.C4H10N2O/c1-7-5-3-2-4-6-7;1-3-6-4(7)5-2/h2-6H2,1H3;3H2,1-2H3,(H2,5,6,7). The Morgan fingerprint density at radius 1 is 1.29 bits per heavy atom. The Bertz CT molecular complexity index is 144. The van der Waals surface area contributed by atoms with Gasteiger partial charge in [0.05, 0.1) is 0 Å². The Hall–Kier alpha value is -0.770. The molecule has 0 saturated carbocycles. The Morgan fingerprint density at radius 2 is 1.86 bits per heavy atom. The van der Waals surface area contributed by atoms with E-state index in [4.69, 9.17) is 0 Å². The van der Waals surface area contributed by atoms with Gasteiger partial charge in [-0.15, -0.1) is 0 Å². The third kappa shape index (κ3) is 7.86. The van der Waals surface area contributed by atoms with E-state index in [1.807, 2.05) is 6.92 Å². The summed E-state index contributed by atoms with van der Waals surface area (Å²) in [4.78, 5) is 12.6. The molecule has 1 heterocycles. The minimum absolute atomic E-state index is 0.123. The van der Waals surface area contributed by atoms with Crippen LogP contribution in [0.4, 0.5) is 4.79 Å². The zero-order chi connectivity index (χ0) is 10.8. The summed E-state index contributed by atoms with van der Waals surface area (Å²) in [6.07, 6.45) is 4.28. The van der Waals surface area contributed by atoms with Gasteiger partial charge < -0.3 is 15.5 Å². The molecule has 1 rings (SSSR count). The van der Waals surface area contributed by atoms with Gasteiger partial charge in [-0.3, -0.25) is 0 Å². The topological polar surface area (TPSA) is 44.4 Å². The van der Waals surface area contributed by atoms with Gasteiger partial charge in [0.2, 0.25) is 0 Å². The van der Waals surface area contributed by atoms with E-state index < -0.39 is 0 Å². The predicted octanol–water partition coefficient (Wildman–Crippen LogP) is 1.04. The van der Waals surface area contributed by atoms with Crippen molar-refractivity contribution in [2.45, 2.75) is 26.2 Å². The molecule has 0 bridgehead atoms.